The number of ether oxygens (including phenoxy) is 4. The zero-order valence-electron chi connectivity index (χ0n) is 18.9. The Balaban J connectivity index is 1.74. The predicted molar refractivity (Wildman–Crippen MR) is 118 cm³/mol. The summed E-state index contributed by atoms with van der Waals surface area (Å²) in [6.45, 7) is 5.15. The Morgan fingerprint density at radius 2 is 2.12 bits per heavy atom. The number of amides is 1. The van der Waals surface area contributed by atoms with Gasteiger partial charge < -0.3 is 23.8 Å². The van der Waals surface area contributed by atoms with Crippen molar-refractivity contribution in [2.45, 2.75) is 68.6 Å². The normalized spacial score (nSPS) is 34.1. The summed E-state index contributed by atoms with van der Waals surface area (Å²) in [5.74, 6) is 1.62. The van der Waals surface area contributed by atoms with E-state index in [-0.39, 0.29) is 30.4 Å². The first-order chi connectivity index (χ1) is 15.4. The Morgan fingerprint density at radius 3 is 2.84 bits per heavy atom. The molecule has 1 aromatic rings. The molecule has 174 valence electrons. The highest BCUT2D eigenvalue weighted by molar-refractivity contribution is 6.18. The molecule has 2 aliphatic carbocycles. The number of hydrogen-bond acceptors (Lipinski definition) is 6. The van der Waals surface area contributed by atoms with Gasteiger partial charge in [0.25, 0.3) is 0 Å². The Hall–Kier alpha value is -1.99. The summed E-state index contributed by atoms with van der Waals surface area (Å²) >= 11 is 5.76. The lowest BCUT2D eigenvalue weighted by molar-refractivity contribution is -0.226. The van der Waals surface area contributed by atoms with Gasteiger partial charge in [0.2, 0.25) is 0 Å². The molecule has 2 bridgehead atoms. The first-order valence-corrected chi connectivity index (χ1v) is 12.0. The van der Waals surface area contributed by atoms with Crippen LogP contribution in [0.25, 0.3) is 0 Å². The number of likely N-dealkylation sites (tertiary alicyclic amines) is 1. The average Bonchev–Trinajstić information content (AvgIpc) is 3.07. The van der Waals surface area contributed by atoms with Gasteiger partial charge in [-0.25, -0.2) is 4.79 Å². The standard InChI is InChI=1S/C24H30ClNO6/c1-4-12-31-24-8-7-18(27)22(2)23(24)9-11-26(21(28)30-13-10-25)17(24)14-15-5-6-16(29-3)20(32-22)19(15)23/h5-6,17H,4,7-14H2,1-3H3/t17-,22+,23+,24?/m1/s1. The summed E-state index contributed by atoms with van der Waals surface area (Å²) in [4.78, 5) is 28.3. The topological polar surface area (TPSA) is 74.3 Å². The molecule has 0 aromatic heterocycles. The molecule has 8 heteroatoms. The molecule has 0 N–H and O–H groups in total. The number of methoxy groups -OCH3 is 1. The molecule has 1 aromatic carbocycles. The van der Waals surface area contributed by atoms with Crippen LogP contribution in [0.2, 0.25) is 0 Å². The smallest absolute Gasteiger partial charge is 0.410 e. The quantitative estimate of drug-likeness (QED) is 0.600. The molecule has 4 atom stereocenters. The van der Waals surface area contributed by atoms with Crippen molar-refractivity contribution in [3.63, 3.8) is 0 Å². The number of nitrogens with zero attached hydrogens (tertiary/aromatic N) is 1. The highest BCUT2D eigenvalue weighted by Crippen LogP contribution is 2.69. The zero-order chi connectivity index (χ0) is 22.7. The summed E-state index contributed by atoms with van der Waals surface area (Å²) in [5, 5.41) is 0. The van der Waals surface area contributed by atoms with Crippen molar-refractivity contribution in [1.82, 2.24) is 4.90 Å². The van der Waals surface area contributed by atoms with E-state index in [4.69, 9.17) is 30.5 Å². The van der Waals surface area contributed by atoms with Crippen LogP contribution in [0.1, 0.15) is 50.7 Å². The third-order valence-electron chi connectivity index (χ3n) is 8.11. The van der Waals surface area contributed by atoms with Crippen molar-refractivity contribution in [1.29, 1.82) is 0 Å². The van der Waals surface area contributed by atoms with Crippen LogP contribution < -0.4 is 9.47 Å². The van der Waals surface area contributed by atoms with Crippen molar-refractivity contribution < 1.29 is 28.5 Å². The fourth-order valence-corrected chi connectivity index (χ4v) is 6.98. The molecule has 1 saturated heterocycles. The van der Waals surface area contributed by atoms with Crippen molar-refractivity contribution in [2.24, 2.45) is 0 Å². The third-order valence-corrected chi connectivity index (χ3v) is 8.26. The van der Waals surface area contributed by atoms with Gasteiger partial charge in [0, 0.05) is 25.1 Å². The summed E-state index contributed by atoms with van der Waals surface area (Å²) in [7, 11) is 1.62. The SMILES string of the molecule is CCCOC12CCC(=O)[C@]3(C)Oc4c(OC)ccc5c4[C@]13CCN(C(=O)OCCCl)[C@@H]2C5. The predicted octanol–water partition coefficient (Wildman–Crippen LogP) is 3.62. The molecule has 1 saturated carbocycles. The number of halogens is 1. The maximum Gasteiger partial charge on any atom is 0.410 e. The highest BCUT2D eigenvalue weighted by atomic mass is 35.5. The number of carbonyl (C=O) groups is 2. The molecule has 2 heterocycles. The molecular weight excluding hydrogens is 434 g/mol. The van der Waals surface area contributed by atoms with Crippen LogP contribution in [0, 0.1) is 0 Å². The lowest BCUT2D eigenvalue weighted by Gasteiger charge is -2.66. The minimum atomic E-state index is -1.07. The second-order valence-electron chi connectivity index (χ2n) is 9.30. The van der Waals surface area contributed by atoms with Crippen molar-refractivity contribution in [3.05, 3.63) is 23.3 Å². The van der Waals surface area contributed by atoms with E-state index < -0.39 is 16.6 Å². The van der Waals surface area contributed by atoms with Crippen LogP contribution in [0.5, 0.6) is 11.5 Å². The number of Topliss-reactive ketones (excluding diaryl/α,β-unsaturated/α-hetero) is 1. The minimum absolute atomic E-state index is 0.0799. The monoisotopic (exact) mass is 463 g/mol. The van der Waals surface area contributed by atoms with E-state index in [1.54, 1.807) is 12.0 Å². The maximum atomic E-state index is 13.5. The van der Waals surface area contributed by atoms with Gasteiger partial charge in [-0.05, 0) is 44.2 Å². The van der Waals surface area contributed by atoms with E-state index in [0.29, 0.717) is 50.3 Å². The number of ketones is 1. The number of alkyl halides is 1. The first-order valence-electron chi connectivity index (χ1n) is 11.5. The van der Waals surface area contributed by atoms with Gasteiger partial charge in [0.1, 0.15) is 12.2 Å². The van der Waals surface area contributed by atoms with E-state index in [0.717, 1.165) is 17.5 Å². The molecule has 4 aliphatic rings. The number of hydrogen-bond donors (Lipinski definition) is 0. The Morgan fingerprint density at radius 1 is 1.31 bits per heavy atom. The number of carbonyl (C=O) groups excluding carboxylic acids is 2. The summed E-state index contributed by atoms with van der Waals surface area (Å²) in [6.07, 6.45) is 2.52. The molecule has 0 radical (unpaired) electrons. The minimum Gasteiger partial charge on any atom is -0.493 e. The number of piperidine rings is 1. The van der Waals surface area contributed by atoms with E-state index in [1.807, 2.05) is 19.1 Å². The van der Waals surface area contributed by atoms with E-state index in [9.17, 15) is 9.59 Å². The van der Waals surface area contributed by atoms with Gasteiger partial charge in [-0.1, -0.05) is 13.0 Å². The van der Waals surface area contributed by atoms with Crippen LogP contribution in [0.15, 0.2) is 12.1 Å². The van der Waals surface area contributed by atoms with Crippen molar-refractivity contribution in [3.8, 4) is 11.5 Å². The molecule has 5 rings (SSSR count). The lowest BCUT2D eigenvalue weighted by Crippen LogP contribution is -2.81. The van der Waals surface area contributed by atoms with Crippen LogP contribution in [0.4, 0.5) is 4.79 Å². The van der Waals surface area contributed by atoms with Crippen LogP contribution in [-0.4, -0.2) is 66.8 Å². The largest absolute Gasteiger partial charge is 0.493 e. The van der Waals surface area contributed by atoms with Gasteiger partial charge >= 0.3 is 6.09 Å². The second-order valence-corrected chi connectivity index (χ2v) is 9.68. The second kappa shape index (κ2) is 7.52. The van der Waals surface area contributed by atoms with Crippen LogP contribution >= 0.6 is 11.6 Å². The summed E-state index contributed by atoms with van der Waals surface area (Å²) in [6, 6.07) is 3.67. The molecular formula is C24H30ClNO6. The van der Waals surface area contributed by atoms with Crippen LogP contribution in [0.3, 0.4) is 0 Å². The third kappa shape index (κ3) is 2.47. The van der Waals surface area contributed by atoms with Gasteiger partial charge in [-0.3, -0.25) is 4.79 Å². The van der Waals surface area contributed by atoms with Crippen LogP contribution in [-0.2, 0) is 26.1 Å². The fourth-order valence-electron chi connectivity index (χ4n) is 6.90. The Bertz CT molecular complexity index is 968. The molecule has 1 spiro atoms. The average molecular weight is 464 g/mol. The Labute approximate surface area is 193 Å². The lowest BCUT2D eigenvalue weighted by atomic mass is 9.45. The van der Waals surface area contributed by atoms with Gasteiger partial charge in [-0.15, -0.1) is 11.6 Å². The van der Waals surface area contributed by atoms with E-state index in [1.165, 1.54) is 0 Å². The maximum absolute atomic E-state index is 13.5. The Kier molecular flexibility index (Phi) is 5.13. The molecule has 2 aliphatic heterocycles. The zero-order valence-corrected chi connectivity index (χ0v) is 19.6. The molecule has 1 amide bonds. The molecule has 7 nitrogen and oxygen atoms in total. The van der Waals surface area contributed by atoms with E-state index >= 15 is 0 Å². The van der Waals surface area contributed by atoms with Gasteiger partial charge in [0.15, 0.2) is 22.9 Å². The van der Waals surface area contributed by atoms with Gasteiger partial charge in [0.05, 0.1) is 24.4 Å². The first kappa shape index (κ1) is 21.8. The molecule has 1 unspecified atom stereocenters. The molecule has 32 heavy (non-hydrogen) atoms. The summed E-state index contributed by atoms with van der Waals surface area (Å²) < 4.78 is 24.4. The number of rotatable bonds is 6. The van der Waals surface area contributed by atoms with Crippen molar-refractivity contribution >= 4 is 23.5 Å². The van der Waals surface area contributed by atoms with Gasteiger partial charge in [-0.2, -0.15) is 0 Å². The van der Waals surface area contributed by atoms with Crippen molar-refractivity contribution in [2.75, 3.05) is 32.7 Å². The highest BCUT2D eigenvalue weighted by Gasteiger charge is 2.79. The fraction of sp³-hybridized carbons (Fsp3) is 0.667. The molecule has 2 fully saturated rings. The van der Waals surface area contributed by atoms with E-state index in [2.05, 4.69) is 6.92 Å². The summed E-state index contributed by atoms with van der Waals surface area (Å²) in [5.41, 5.74) is -0.386. The number of benzene rings is 1.